The zero-order valence-corrected chi connectivity index (χ0v) is 12.6. The number of rotatable bonds is 6. The molecule has 1 atom stereocenters. The van der Waals surface area contributed by atoms with Gasteiger partial charge in [0.1, 0.15) is 5.82 Å². The van der Waals surface area contributed by atoms with Crippen LogP contribution >= 0.6 is 0 Å². The lowest BCUT2D eigenvalue weighted by molar-refractivity contribution is 0.0698. The van der Waals surface area contributed by atoms with Crippen molar-refractivity contribution in [3.63, 3.8) is 0 Å². The van der Waals surface area contributed by atoms with E-state index in [0.29, 0.717) is 5.39 Å². The highest BCUT2D eigenvalue weighted by Gasteiger charge is 2.13. The highest BCUT2D eigenvalue weighted by molar-refractivity contribution is 6.06. The first kappa shape index (κ1) is 15.3. The fraction of sp³-hybridized carbons (Fsp3) is 0.375. The summed E-state index contributed by atoms with van der Waals surface area (Å²) >= 11 is 0. The lowest BCUT2D eigenvalue weighted by Gasteiger charge is -2.18. The van der Waals surface area contributed by atoms with Gasteiger partial charge >= 0.3 is 5.97 Å². The van der Waals surface area contributed by atoms with Gasteiger partial charge in [-0.1, -0.05) is 24.3 Å². The standard InChI is InChI=1S/C16H21N3O2/c1-11(8-9-19(2)3)18-15-13-7-5-4-6-12(13)14(10-17-15)16(20)21/h4-7,10-11H,8-9H2,1-3H3,(H,17,18)(H,20,21). The molecule has 5 nitrogen and oxygen atoms in total. The largest absolute Gasteiger partial charge is 0.478 e. The average molecular weight is 287 g/mol. The number of carboxylic acid groups (broad SMARTS) is 1. The Morgan fingerprint density at radius 2 is 2.00 bits per heavy atom. The SMILES string of the molecule is CC(CCN(C)C)Nc1ncc(C(=O)O)c2ccccc12. The Hall–Kier alpha value is -2.14. The summed E-state index contributed by atoms with van der Waals surface area (Å²) in [4.78, 5) is 17.7. The fourth-order valence-corrected chi connectivity index (χ4v) is 2.24. The minimum Gasteiger partial charge on any atom is -0.478 e. The summed E-state index contributed by atoms with van der Waals surface area (Å²) in [6, 6.07) is 7.71. The minimum absolute atomic E-state index is 0.233. The van der Waals surface area contributed by atoms with E-state index in [1.165, 1.54) is 6.20 Å². The van der Waals surface area contributed by atoms with Crippen LogP contribution in [0, 0.1) is 0 Å². The molecule has 2 aromatic rings. The maximum atomic E-state index is 11.3. The molecule has 1 aromatic heterocycles. The van der Waals surface area contributed by atoms with Gasteiger partial charge in [0.15, 0.2) is 0 Å². The zero-order chi connectivity index (χ0) is 15.4. The third-order valence-electron chi connectivity index (χ3n) is 3.42. The van der Waals surface area contributed by atoms with Gasteiger partial charge < -0.3 is 15.3 Å². The van der Waals surface area contributed by atoms with Crippen LogP contribution in [0.3, 0.4) is 0 Å². The molecule has 0 aliphatic carbocycles. The normalized spacial score (nSPS) is 12.6. The van der Waals surface area contributed by atoms with E-state index in [-0.39, 0.29) is 11.6 Å². The molecular formula is C16H21N3O2. The van der Waals surface area contributed by atoms with Crippen molar-refractivity contribution >= 4 is 22.6 Å². The molecule has 112 valence electrons. The van der Waals surface area contributed by atoms with Crippen molar-refractivity contribution < 1.29 is 9.90 Å². The molecule has 0 aliphatic rings. The monoisotopic (exact) mass is 287 g/mol. The first-order valence-electron chi connectivity index (χ1n) is 7.01. The number of carboxylic acids is 1. The van der Waals surface area contributed by atoms with Crippen molar-refractivity contribution in [1.82, 2.24) is 9.88 Å². The van der Waals surface area contributed by atoms with Gasteiger partial charge in [0.05, 0.1) is 5.56 Å². The third kappa shape index (κ3) is 3.70. The first-order chi connectivity index (χ1) is 9.99. The van der Waals surface area contributed by atoms with Crippen LogP contribution in [0.1, 0.15) is 23.7 Å². The number of nitrogens with zero attached hydrogens (tertiary/aromatic N) is 2. The molecule has 0 saturated carbocycles. The van der Waals surface area contributed by atoms with E-state index in [9.17, 15) is 9.90 Å². The van der Waals surface area contributed by atoms with Crippen LogP contribution in [0.2, 0.25) is 0 Å². The second kappa shape index (κ2) is 6.54. The van der Waals surface area contributed by atoms with Crippen LogP contribution in [0.25, 0.3) is 10.8 Å². The molecule has 2 N–H and O–H groups in total. The highest BCUT2D eigenvalue weighted by atomic mass is 16.4. The van der Waals surface area contributed by atoms with Crippen molar-refractivity contribution in [2.24, 2.45) is 0 Å². The average Bonchev–Trinajstić information content (AvgIpc) is 2.45. The van der Waals surface area contributed by atoms with Crippen LogP contribution in [-0.4, -0.2) is 47.6 Å². The molecule has 2 rings (SSSR count). The number of anilines is 1. The Morgan fingerprint density at radius 1 is 1.33 bits per heavy atom. The van der Waals surface area contributed by atoms with Crippen molar-refractivity contribution in [1.29, 1.82) is 0 Å². The Balaban J connectivity index is 2.29. The molecule has 0 amide bonds. The van der Waals surface area contributed by atoms with Crippen molar-refractivity contribution in [3.8, 4) is 0 Å². The van der Waals surface area contributed by atoms with Gasteiger partial charge in [-0.05, 0) is 34.0 Å². The number of carbonyl (C=O) groups is 1. The van der Waals surface area contributed by atoms with Gasteiger partial charge in [0.25, 0.3) is 0 Å². The molecule has 0 radical (unpaired) electrons. The smallest absolute Gasteiger partial charge is 0.337 e. The lowest BCUT2D eigenvalue weighted by Crippen LogP contribution is -2.23. The van der Waals surface area contributed by atoms with E-state index in [4.69, 9.17) is 0 Å². The number of pyridine rings is 1. The first-order valence-corrected chi connectivity index (χ1v) is 7.01. The van der Waals surface area contributed by atoms with Gasteiger partial charge in [0.2, 0.25) is 0 Å². The van der Waals surface area contributed by atoms with Crippen LogP contribution in [-0.2, 0) is 0 Å². The van der Waals surface area contributed by atoms with E-state index in [2.05, 4.69) is 22.1 Å². The summed E-state index contributed by atoms with van der Waals surface area (Å²) in [5.41, 5.74) is 0.233. The maximum Gasteiger partial charge on any atom is 0.337 e. The Bertz CT molecular complexity index is 640. The summed E-state index contributed by atoms with van der Waals surface area (Å²) in [5, 5.41) is 14.2. The number of fused-ring (bicyclic) bond motifs is 1. The molecule has 21 heavy (non-hydrogen) atoms. The molecule has 0 fully saturated rings. The van der Waals surface area contributed by atoms with Crippen LogP contribution < -0.4 is 5.32 Å². The number of hydrogen-bond acceptors (Lipinski definition) is 4. The molecule has 5 heteroatoms. The van der Waals surface area contributed by atoms with Gasteiger partial charge in [-0.25, -0.2) is 9.78 Å². The van der Waals surface area contributed by atoms with Crippen molar-refractivity contribution in [2.75, 3.05) is 26.0 Å². The second-order valence-corrected chi connectivity index (χ2v) is 5.51. The molecule has 0 spiro atoms. The molecule has 0 bridgehead atoms. The zero-order valence-electron chi connectivity index (χ0n) is 12.6. The highest BCUT2D eigenvalue weighted by Crippen LogP contribution is 2.25. The van der Waals surface area contributed by atoms with E-state index in [0.717, 1.165) is 24.2 Å². The lowest BCUT2D eigenvalue weighted by atomic mass is 10.1. The third-order valence-corrected chi connectivity index (χ3v) is 3.42. The predicted octanol–water partition coefficient (Wildman–Crippen LogP) is 2.69. The van der Waals surface area contributed by atoms with E-state index in [1.807, 2.05) is 38.4 Å². The van der Waals surface area contributed by atoms with Crippen LogP contribution in [0.5, 0.6) is 0 Å². The van der Waals surface area contributed by atoms with Crippen molar-refractivity contribution in [2.45, 2.75) is 19.4 Å². The Morgan fingerprint density at radius 3 is 2.62 bits per heavy atom. The van der Waals surface area contributed by atoms with Crippen LogP contribution in [0.4, 0.5) is 5.82 Å². The van der Waals surface area contributed by atoms with Gasteiger partial charge in [-0.3, -0.25) is 0 Å². The Labute approximate surface area is 124 Å². The molecule has 0 saturated heterocycles. The number of aromatic carboxylic acids is 1. The summed E-state index contributed by atoms with van der Waals surface area (Å²) in [6.07, 6.45) is 2.41. The molecule has 1 heterocycles. The second-order valence-electron chi connectivity index (χ2n) is 5.51. The molecule has 0 aliphatic heterocycles. The van der Waals surface area contributed by atoms with Crippen molar-refractivity contribution in [3.05, 3.63) is 36.0 Å². The predicted molar refractivity (Wildman–Crippen MR) is 85.0 cm³/mol. The van der Waals surface area contributed by atoms with E-state index < -0.39 is 5.97 Å². The molecular weight excluding hydrogens is 266 g/mol. The summed E-state index contributed by atoms with van der Waals surface area (Å²) < 4.78 is 0. The Kier molecular flexibility index (Phi) is 4.75. The number of benzene rings is 1. The summed E-state index contributed by atoms with van der Waals surface area (Å²) in [7, 11) is 4.09. The minimum atomic E-state index is -0.953. The van der Waals surface area contributed by atoms with Gasteiger partial charge in [0, 0.05) is 23.0 Å². The topological polar surface area (TPSA) is 65.5 Å². The summed E-state index contributed by atoms with van der Waals surface area (Å²) in [5.74, 6) is -0.215. The van der Waals surface area contributed by atoms with E-state index in [1.54, 1.807) is 0 Å². The van der Waals surface area contributed by atoms with Gasteiger partial charge in [-0.15, -0.1) is 0 Å². The fourth-order valence-electron chi connectivity index (χ4n) is 2.24. The molecule has 1 unspecified atom stereocenters. The number of hydrogen-bond donors (Lipinski definition) is 2. The molecule has 1 aromatic carbocycles. The number of aromatic nitrogens is 1. The number of nitrogens with one attached hydrogen (secondary N) is 1. The van der Waals surface area contributed by atoms with Crippen LogP contribution in [0.15, 0.2) is 30.5 Å². The maximum absolute atomic E-state index is 11.3. The van der Waals surface area contributed by atoms with Gasteiger partial charge in [-0.2, -0.15) is 0 Å². The summed E-state index contributed by atoms with van der Waals surface area (Å²) in [6.45, 7) is 3.09. The van der Waals surface area contributed by atoms with E-state index >= 15 is 0 Å². The quantitative estimate of drug-likeness (QED) is 0.855.